The van der Waals surface area contributed by atoms with Crippen molar-refractivity contribution in [3.05, 3.63) is 65.9 Å². The van der Waals surface area contributed by atoms with E-state index in [4.69, 9.17) is 14.8 Å². The van der Waals surface area contributed by atoms with Crippen LogP contribution in [0.15, 0.2) is 54.6 Å². The molecule has 3 aromatic rings. The van der Waals surface area contributed by atoms with Crippen LogP contribution in [0, 0.1) is 11.8 Å². The van der Waals surface area contributed by atoms with Crippen LogP contribution in [0.25, 0.3) is 10.8 Å². The second-order valence-corrected chi connectivity index (χ2v) is 7.32. The molecule has 2 aromatic carbocycles. The van der Waals surface area contributed by atoms with E-state index in [9.17, 15) is 0 Å². The number of piperazine rings is 1. The van der Waals surface area contributed by atoms with Crippen molar-refractivity contribution in [3.8, 4) is 17.6 Å². The Balaban J connectivity index is 1.64. The lowest BCUT2D eigenvalue weighted by Crippen LogP contribution is -2.46. The standard InChI is InChI=1S/C25H27N3O2/c1-2-27-12-14-28(15-13-27)25-24-9-4-3-7-21(24)19-22(26-25)11-10-20-6-5-8-23(18-20)30-17-16-29/h3-9,18-19,29H,2,12-17H2,1H3. The Hall–Kier alpha value is -3.07. The number of benzene rings is 2. The predicted octanol–water partition coefficient (Wildman–Crippen LogP) is 3.15. The minimum absolute atomic E-state index is 0.00773. The molecule has 154 valence electrons. The molecule has 0 unspecified atom stereocenters. The van der Waals surface area contributed by atoms with Crippen LogP contribution in [-0.2, 0) is 0 Å². The largest absolute Gasteiger partial charge is 0.491 e. The molecule has 5 heteroatoms. The number of hydrogen-bond acceptors (Lipinski definition) is 5. The Bertz CT molecular complexity index is 1060. The number of likely N-dealkylation sites (N-methyl/N-ethyl adjacent to an activating group) is 1. The third kappa shape index (κ3) is 4.73. The molecule has 0 amide bonds. The van der Waals surface area contributed by atoms with Crippen LogP contribution in [0.3, 0.4) is 0 Å². The fourth-order valence-corrected chi connectivity index (χ4v) is 3.72. The molecule has 30 heavy (non-hydrogen) atoms. The molecule has 0 radical (unpaired) electrons. The maximum absolute atomic E-state index is 8.93. The summed E-state index contributed by atoms with van der Waals surface area (Å²) in [6, 6.07) is 18.0. The highest BCUT2D eigenvalue weighted by atomic mass is 16.5. The molecule has 0 atom stereocenters. The molecule has 4 rings (SSSR count). The first-order chi connectivity index (χ1) is 14.8. The van der Waals surface area contributed by atoms with Crippen LogP contribution in [-0.4, -0.2) is 60.9 Å². The van der Waals surface area contributed by atoms with E-state index in [-0.39, 0.29) is 13.2 Å². The van der Waals surface area contributed by atoms with Gasteiger partial charge in [-0.3, -0.25) is 0 Å². The zero-order valence-electron chi connectivity index (χ0n) is 17.3. The lowest BCUT2D eigenvalue weighted by atomic mass is 10.1. The third-order valence-electron chi connectivity index (χ3n) is 5.37. The number of aliphatic hydroxyl groups is 1. The SMILES string of the molecule is CCN1CCN(c2nc(C#Cc3cccc(OCCO)c3)cc3ccccc23)CC1. The molecule has 1 aromatic heterocycles. The second kappa shape index (κ2) is 9.62. The van der Waals surface area contributed by atoms with Crippen molar-refractivity contribution in [2.45, 2.75) is 6.92 Å². The summed E-state index contributed by atoms with van der Waals surface area (Å²) in [4.78, 5) is 9.78. The van der Waals surface area contributed by atoms with E-state index >= 15 is 0 Å². The lowest BCUT2D eigenvalue weighted by molar-refractivity contribution is 0.201. The summed E-state index contributed by atoms with van der Waals surface area (Å²) in [5.41, 5.74) is 1.63. The number of aliphatic hydroxyl groups excluding tert-OH is 1. The predicted molar refractivity (Wildman–Crippen MR) is 121 cm³/mol. The number of anilines is 1. The molecule has 1 fully saturated rings. The normalized spacial score (nSPS) is 14.4. The van der Waals surface area contributed by atoms with Gasteiger partial charge in [-0.2, -0.15) is 0 Å². The number of fused-ring (bicyclic) bond motifs is 1. The van der Waals surface area contributed by atoms with Crippen molar-refractivity contribution in [1.29, 1.82) is 0 Å². The van der Waals surface area contributed by atoms with E-state index in [2.05, 4.69) is 58.9 Å². The highest BCUT2D eigenvalue weighted by molar-refractivity contribution is 5.93. The first-order valence-corrected chi connectivity index (χ1v) is 10.5. The number of nitrogens with zero attached hydrogens (tertiary/aromatic N) is 3. The van der Waals surface area contributed by atoms with Gasteiger partial charge in [0.25, 0.3) is 0 Å². The van der Waals surface area contributed by atoms with Crippen LogP contribution in [0.1, 0.15) is 18.2 Å². The number of hydrogen-bond donors (Lipinski definition) is 1. The van der Waals surface area contributed by atoms with Gasteiger partial charge < -0.3 is 19.6 Å². The first-order valence-electron chi connectivity index (χ1n) is 10.5. The quantitative estimate of drug-likeness (QED) is 0.666. The second-order valence-electron chi connectivity index (χ2n) is 7.32. The van der Waals surface area contributed by atoms with Crippen molar-refractivity contribution in [2.75, 3.05) is 50.8 Å². The zero-order chi connectivity index (χ0) is 20.8. The van der Waals surface area contributed by atoms with Gasteiger partial charge >= 0.3 is 0 Å². The molecule has 2 heterocycles. The van der Waals surface area contributed by atoms with E-state index < -0.39 is 0 Å². The van der Waals surface area contributed by atoms with Gasteiger partial charge in [-0.05, 0) is 42.1 Å². The van der Waals surface area contributed by atoms with Gasteiger partial charge in [-0.25, -0.2) is 4.98 Å². The molecule has 1 aliphatic heterocycles. The van der Waals surface area contributed by atoms with Gasteiger partial charge in [0.1, 0.15) is 23.9 Å². The smallest absolute Gasteiger partial charge is 0.138 e. The minimum Gasteiger partial charge on any atom is -0.491 e. The summed E-state index contributed by atoms with van der Waals surface area (Å²) in [5, 5.41) is 11.3. The monoisotopic (exact) mass is 401 g/mol. The molecular formula is C25H27N3O2. The Morgan fingerprint density at radius 3 is 2.63 bits per heavy atom. The van der Waals surface area contributed by atoms with Crippen molar-refractivity contribution >= 4 is 16.6 Å². The Morgan fingerprint density at radius 1 is 1.00 bits per heavy atom. The van der Waals surface area contributed by atoms with Crippen LogP contribution in [0.5, 0.6) is 5.75 Å². The number of aromatic nitrogens is 1. The summed E-state index contributed by atoms with van der Waals surface area (Å²) in [6.45, 7) is 7.64. The lowest BCUT2D eigenvalue weighted by Gasteiger charge is -2.35. The van der Waals surface area contributed by atoms with Crippen LogP contribution >= 0.6 is 0 Å². The topological polar surface area (TPSA) is 48.8 Å². The third-order valence-corrected chi connectivity index (χ3v) is 5.37. The van der Waals surface area contributed by atoms with Crippen molar-refractivity contribution in [2.24, 2.45) is 0 Å². The fourth-order valence-electron chi connectivity index (χ4n) is 3.72. The molecule has 1 saturated heterocycles. The van der Waals surface area contributed by atoms with Gasteiger partial charge in [0.05, 0.1) is 6.61 Å². The summed E-state index contributed by atoms with van der Waals surface area (Å²) in [6.07, 6.45) is 0. The van der Waals surface area contributed by atoms with E-state index in [0.717, 1.165) is 55.2 Å². The molecule has 0 spiro atoms. The van der Waals surface area contributed by atoms with Crippen LogP contribution < -0.4 is 9.64 Å². The molecule has 0 aliphatic carbocycles. The van der Waals surface area contributed by atoms with Crippen LogP contribution in [0.2, 0.25) is 0 Å². The van der Waals surface area contributed by atoms with E-state index in [0.29, 0.717) is 5.75 Å². The van der Waals surface area contributed by atoms with Gasteiger partial charge in [0, 0.05) is 37.1 Å². The summed E-state index contributed by atoms with van der Waals surface area (Å²) >= 11 is 0. The van der Waals surface area contributed by atoms with Crippen molar-refractivity contribution < 1.29 is 9.84 Å². The number of pyridine rings is 1. The summed E-state index contributed by atoms with van der Waals surface area (Å²) in [7, 11) is 0. The van der Waals surface area contributed by atoms with Gasteiger partial charge in [0.2, 0.25) is 0 Å². The highest BCUT2D eigenvalue weighted by Gasteiger charge is 2.19. The highest BCUT2D eigenvalue weighted by Crippen LogP contribution is 2.26. The van der Waals surface area contributed by atoms with Gasteiger partial charge in [0.15, 0.2) is 0 Å². The molecule has 1 aliphatic rings. The van der Waals surface area contributed by atoms with E-state index in [1.807, 2.05) is 24.3 Å². The molecule has 0 bridgehead atoms. The summed E-state index contributed by atoms with van der Waals surface area (Å²) < 4.78 is 5.48. The zero-order valence-corrected chi connectivity index (χ0v) is 17.3. The Morgan fingerprint density at radius 2 is 1.83 bits per heavy atom. The van der Waals surface area contributed by atoms with Gasteiger partial charge in [-0.15, -0.1) is 0 Å². The Labute approximate surface area is 177 Å². The van der Waals surface area contributed by atoms with Crippen molar-refractivity contribution in [3.63, 3.8) is 0 Å². The Kier molecular flexibility index (Phi) is 6.48. The van der Waals surface area contributed by atoms with E-state index in [1.165, 1.54) is 5.39 Å². The molecule has 5 nitrogen and oxygen atoms in total. The van der Waals surface area contributed by atoms with Gasteiger partial charge in [-0.1, -0.05) is 43.2 Å². The van der Waals surface area contributed by atoms with Crippen LogP contribution in [0.4, 0.5) is 5.82 Å². The average Bonchev–Trinajstić information content (AvgIpc) is 2.81. The minimum atomic E-state index is -0.00773. The van der Waals surface area contributed by atoms with Crippen molar-refractivity contribution in [1.82, 2.24) is 9.88 Å². The maximum Gasteiger partial charge on any atom is 0.138 e. The number of rotatable bonds is 5. The molecule has 1 N–H and O–H groups in total. The van der Waals surface area contributed by atoms with E-state index in [1.54, 1.807) is 0 Å². The number of ether oxygens (including phenoxy) is 1. The maximum atomic E-state index is 8.93. The fraction of sp³-hybridized carbons (Fsp3) is 0.320. The molecule has 0 saturated carbocycles. The first kappa shape index (κ1) is 20.2. The average molecular weight is 402 g/mol. The summed E-state index contributed by atoms with van der Waals surface area (Å²) in [5.74, 6) is 8.17. The molecular weight excluding hydrogens is 374 g/mol.